The predicted molar refractivity (Wildman–Crippen MR) is 120 cm³/mol. The van der Waals surface area contributed by atoms with Crippen LogP contribution in [0.15, 0.2) is 66.7 Å². The van der Waals surface area contributed by atoms with Crippen molar-refractivity contribution in [3.63, 3.8) is 0 Å². The molecule has 2 heterocycles. The zero-order valence-electron chi connectivity index (χ0n) is 18.6. The van der Waals surface area contributed by atoms with Crippen LogP contribution in [0.1, 0.15) is 36.9 Å². The first-order valence-electron chi connectivity index (χ1n) is 11.3. The lowest BCUT2D eigenvalue weighted by Gasteiger charge is -2.43. The second kappa shape index (κ2) is 8.80. The number of ether oxygens (including phenoxy) is 2. The summed E-state index contributed by atoms with van der Waals surface area (Å²) in [7, 11) is 0. The van der Waals surface area contributed by atoms with Gasteiger partial charge in [-0.15, -0.1) is 0 Å². The highest BCUT2D eigenvalue weighted by molar-refractivity contribution is 5.70. The molecule has 1 amide bonds. The fraction of sp³-hybridized carbons (Fsp3) is 0.296. The number of amides is 1. The van der Waals surface area contributed by atoms with Crippen LogP contribution in [0.2, 0.25) is 0 Å². The van der Waals surface area contributed by atoms with Gasteiger partial charge in [0, 0.05) is 31.0 Å². The monoisotopic (exact) mass is 467 g/mol. The number of hydrogen-bond donors (Lipinski definition) is 0. The third-order valence-electron chi connectivity index (χ3n) is 6.71. The Morgan fingerprint density at radius 1 is 1.00 bits per heavy atom. The first kappa shape index (κ1) is 22.5. The number of carbonyl (C=O) groups excluding carboxylic acids is 1. The van der Waals surface area contributed by atoms with Gasteiger partial charge in [0.05, 0.1) is 18.8 Å². The van der Waals surface area contributed by atoms with Gasteiger partial charge in [-0.1, -0.05) is 36.4 Å². The van der Waals surface area contributed by atoms with Crippen LogP contribution in [0.4, 0.5) is 18.0 Å². The summed E-state index contributed by atoms with van der Waals surface area (Å²) in [5, 5.41) is 0. The molecule has 5 rings (SSSR count). The van der Waals surface area contributed by atoms with E-state index in [2.05, 4.69) is 0 Å². The quantitative estimate of drug-likeness (QED) is 0.396. The molecule has 2 aliphatic heterocycles. The Kier molecular flexibility index (Phi) is 5.81. The molecule has 0 aromatic heterocycles. The molecule has 0 radical (unpaired) electrons. The fourth-order valence-corrected chi connectivity index (χ4v) is 4.64. The van der Waals surface area contributed by atoms with Crippen LogP contribution >= 0.6 is 0 Å². The maximum Gasteiger partial charge on any atom is 0.411 e. The Morgan fingerprint density at radius 3 is 2.29 bits per heavy atom. The zero-order chi connectivity index (χ0) is 23.9. The van der Waals surface area contributed by atoms with E-state index in [9.17, 15) is 18.0 Å². The molecule has 1 unspecified atom stereocenters. The molecule has 3 atom stereocenters. The highest BCUT2D eigenvalue weighted by Gasteiger charge is 2.47. The van der Waals surface area contributed by atoms with Crippen LogP contribution in [0, 0.1) is 17.5 Å². The van der Waals surface area contributed by atoms with E-state index >= 15 is 0 Å². The Balaban J connectivity index is 1.34. The number of hydrogen-bond acceptors (Lipinski definition) is 3. The molecule has 2 fully saturated rings. The van der Waals surface area contributed by atoms with Gasteiger partial charge in [0.25, 0.3) is 0 Å². The van der Waals surface area contributed by atoms with Crippen LogP contribution in [0.5, 0.6) is 0 Å². The van der Waals surface area contributed by atoms with Gasteiger partial charge in [-0.25, -0.2) is 18.0 Å². The average molecular weight is 467 g/mol. The standard InChI is InChI=1S/C27H24F3NO3/c1-17(18-2-4-19(5-3-18)24-11-10-22(29)14-25(24)30)31-13-12-27(34-26(31)32,15-23-16-33-23)20-6-8-21(28)9-7-20/h2-11,14,17,23H,12-13,15-16H2,1H3/t17?,23-,27-/m0/s1. The topological polar surface area (TPSA) is 42.1 Å². The van der Waals surface area contributed by atoms with Crippen molar-refractivity contribution >= 4 is 6.09 Å². The van der Waals surface area contributed by atoms with Gasteiger partial charge in [-0.3, -0.25) is 0 Å². The van der Waals surface area contributed by atoms with Crippen LogP contribution < -0.4 is 0 Å². The lowest BCUT2D eigenvalue weighted by atomic mass is 9.84. The van der Waals surface area contributed by atoms with E-state index < -0.39 is 23.3 Å². The summed E-state index contributed by atoms with van der Waals surface area (Å²) in [5.74, 6) is -1.60. The summed E-state index contributed by atoms with van der Waals surface area (Å²) >= 11 is 0. The van der Waals surface area contributed by atoms with E-state index in [-0.39, 0.29) is 18.0 Å². The van der Waals surface area contributed by atoms with Crippen molar-refractivity contribution in [2.75, 3.05) is 13.2 Å². The molecule has 3 aromatic carbocycles. The summed E-state index contributed by atoms with van der Waals surface area (Å²) in [5.41, 5.74) is 1.70. The number of nitrogens with zero attached hydrogens (tertiary/aromatic N) is 1. The van der Waals surface area contributed by atoms with Gasteiger partial charge in [0.2, 0.25) is 0 Å². The molecule has 7 heteroatoms. The third kappa shape index (κ3) is 4.40. The van der Waals surface area contributed by atoms with Crippen molar-refractivity contribution in [2.24, 2.45) is 0 Å². The minimum atomic E-state index is -0.855. The Bertz CT molecular complexity index is 1190. The predicted octanol–water partition coefficient (Wildman–Crippen LogP) is 6.36. The van der Waals surface area contributed by atoms with Crippen molar-refractivity contribution in [3.8, 4) is 11.1 Å². The first-order valence-corrected chi connectivity index (χ1v) is 11.3. The van der Waals surface area contributed by atoms with Crippen molar-refractivity contribution < 1.29 is 27.4 Å². The lowest BCUT2D eigenvalue weighted by molar-refractivity contribution is -0.0686. The van der Waals surface area contributed by atoms with Crippen molar-refractivity contribution in [1.29, 1.82) is 0 Å². The molecule has 4 nitrogen and oxygen atoms in total. The number of epoxide rings is 1. The van der Waals surface area contributed by atoms with E-state index in [0.717, 1.165) is 17.2 Å². The Labute approximate surface area is 195 Å². The summed E-state index contributed by atoms with van der Waals surface area (Å²) < 4.78 is 52.3. The fourth-order valence-electron chi connectivity index (χ4n) is 4.64. The van der Waals surface area contributed by atoms with Gasteiger partial charge >= 0.3 is 6.09 Å². The number of rotatable bonds is 6. The number of carbonyl (C=O) groups is 1. The van der Waals surface area contributed by atoms with E-state index in [0.29, 0.717) is 37.1 Å². The Morgan fingerprint density at radius 2 is 1.68 bits per heavy atom. The summed E-state index contributed by atoms with van der Waals surface area (Å²) in [6, 6.07) is 16.5. The van der Waals surface area contributed by atoms with E-state index in [4.69, 9.17) is 9.47 Å². The molecule has 0 spiro atoms. The van der Waals surface area contributed by atoms with Crippen LogP contribution in [0.25, 0.3) is 11.1 Å². The number of benzene rings is 3. The molecular formula is C27H24F3NO3. The molecule has 0 saturated carbocycles. The van der Waals surface area contributed by atoms with Gasteiger partial charge in [0.15, 0.2) is 0 Å². The van der Waals surface area contributed by atoms with E-state index in [1.54, 1.807) is 29.2 Å². The van der Waals surface area contributed by atoms with Crippen molar-refractivity contribution in [3.05, 3.63) is 95.3 Å². The van der Waals surface area contributed by atoms with Crippen LogP contribution in [-0.2, 0) is 15.1 Å². The maximum atomic E-state index is 14.1. The lowest BCUT2D eigenvalue weighted by Crippen LogP contribution is -2.49. The van der Waals surface area contributed by atoms with Gasteiger partial charge in [0.1, 0.15) is 23.1 Å². The van der Waals surface area contributed by atoms with Crippen LogP contribution in [0.3, 0.4) is 0 Å². The number of halogens is 3. The minimum Gasteiger partial charge on any atom is -0.438 e. The SMILES string of the molecule is CC(c1ccc(-c2ccc(F)cc2F)cc1)N1CC[C@](C[C@H]2CO2)(c2ccc(F)cc2)OC1=O. The largest absolute Gasteiger partial charge is 0.438 e. The number of cyclic esters (lactones) is 1. The van der Waals surface area contributed by atoms with Gasteiger partial charge in [-0.05, 0) is 47.9 Å². The second-order valence-corrected chi connectivity index (χ2v) is 8.89. The normalized spacial score (nSPS) is 22.9. The molecule has 34 heavy (non-hydrogen) atoms. The summed E-state index contributed by atoms with van der Waals surface area (Å²) in [6.45, 7) is 2.99. The Hall–Kier alpha value is -3.32. The smallest absolute Gasteiger partial charge is 0.411 e. The van der Waals surface area contributed by atoms with Gasteiger partial charge in [-0.2, -0.15) is 0 Å². The van der Waals surface area contributed by atoms with E-state index in [1.807, 2.05) is 19.1 Å². The van der Waals surface area contributed by atoms with Crippen molar-refractivity contribution in [2.45, 2.75) is 37.5 Å². The van der Waals surface area contributed by atoms with E-state index in [1.165, 1.54) is 24.3 Å². The molecule has 0 N–H and O–H groups in total. The molecule has 2 aliphatic rings. The first-order chi connectivity index (χ1) is 16.3. The van der Waals surface area contributed by atoms with Gasteiger partial charge < -0.3 is 14.4 Å². The third-order valence-corrected chi connectivity index (χ3v) is 6.71. The van der Waals surface area contributed by atoms with Crippen molar-refractivity contribution in [1.82, 2.24) is 4.90 Å². The highest BCUT2D eigenvalue weighted by atomic mass is 19.1. The molecule has 2 saturated heterocycles. The molecule has 3 aromatic rings. The minimum absolute atomic E-state index is 0.0289. The summed E-state index contributed by atoms with van der Waals surface area (Å²) in [6.07, 6.45) is 0.663. The molecule has 0 aliphatic carbocycles. The summed E-state index contributed by atoms with van der Waals surface area (Å²) in [4.78, 5) is 14.8. The highest BCUT2D eigenvalue weighted by Crippen LogP contribution is 2.42. The second-order valence-electron chi connectivity index (χ2n) is 8.89. The molecule has 176 valence electrons. The average Bonchev–Trinajstić information content (AvgIpc) is 3.63. The van der Waals surface area contributed by atoms with Crippen LogP contribution in [-0.4, -0.2) is 30.2 Å². The molecular weight excluding hydrogens is 443 g/mol. The molecule has 0 bridgehead atoms. The zero-order valence-corrected chi connectivity index (χ0v) is 18.6. The maximum absolute atomic E-state index is 14.1.